The van der Waals surface area contributed by atoms with Crippen LogP contribution in [0.25, 0.3) is 11.4 Å². The van der Waals surface area contributed by atoms with Gasteiger partial charge in [0.05, 0.1) is 13.7 Å². The van der Waals surface area contributed by atoms with Crippen LogP contribution >= 0.6 is 0 Å². The maximum Gasteiger partial charge on any atom is 0.241 e. The number of rotatable bonds is 8. The summed E-state index contributed by atoms with van der Waals surface area (Å²) in [6.45, 7) is 8.31. The lowest BCUT2D eigenvalue weighted by Crippen LogP contribution is -2.47. The predicted molar refractivity (Wildman–Crippen MR) is 115 cm³/mol. The molecular weight excluding hydrogens is 380 g/mol. The molecule has 1 fully saturated rings. The molecule has 0 spiro atoms. The third-order valence-corrected chi connectivity index (χ3v) is 5.30. The summed E-state index contributed by atoms with van der Waals surface area (Å²) >= 11 is 0. The van der Waals surface area contributed by atoms with Crippen LogP contribution in [0.5, 0.6) is 11.5 Å². The number of hydrogen-bond donors (Lipinski definition) is 0. The Kier molecular flexibility index (Phi) is 6.61. The minimum atomic E-state index is 0.656. The topological polar surface area (TPSA) is 63.9 Å². The first-order valence-electron chi connectivity index (χ1n) is 10.3. The van der Waals surface area contributed by atoms with E-state index in [4.69, 9.17) is 14.0 Å². The molecule has 0 saturated carbocycles. The van der Waals surface area contributed by atoms with E-state index in [1.54, 1.807) is 7.11 Å². The Morgan fingerprint density at radius 3 is 2.43 bits per heavy atom. The highest BCUT2D eigenvalue weighted by Gasteiger charge is 2.19. The predicted octanol–water partition coefficient (Wildman–Crippen LogP) is 3.25. The molecule has 0 aliphatic carbocycles. The van der Waals surface area contributed by atoms with Crippen LogP contribution in [0.4, 0.5) is 0 Å². The molecule has 30 heavy (non-hydrogen) atoms. The fourth-order valence-corrected chi connectivity index (χ4v) is 3.55. The van der Waals surface area contributed by atoms with Crippen LogP contribution in [0.3, 0.4) is 0 Å². The highest BCUT2D eigenvalue weighted by molar-refractivity contribution is 5.55. The van der Waals surface area contributed by atoms with Crippen LogP contribution < -0.4 is 9.47 Å². The minimum Gasteiger partial charge on any atom is -0.497 e. The molecule has 0 N–H and O–H groups in total. The maximum absolute atomic E-state index is 5.84. The molecule has 0 unspecified atom stereocenters. The number of ether oxygens (including phenoxy) is 2. The molecule has 2 aromatic carbocycles. The normalized spacial score (nSPS) is 15.3. The lowest BCUT2D eigenvalue weighted by Gasteiger charge is -2.33. The van der Waals surface area contributed by atoms with Crippen molar-refractivity contribution in [1.29, 1.82) is 0 Å². The summed E-state index contributed by atoms with van der Waals surface area (Å²) in [4.78, 5) is 9.35. The molecule has 0 radical (unpaired) electrons. The first-order valence-corrected chi connectivity index (χ1v) is 10.3. The Balaban J connectivity index is 1.19. The molecule has 1 aromatic heterocycles. The van der Waals surface area contributed by atoms with E-state index in [0.29, 0.717) is 24.9 Å². The number of aromatic nitrogens is 2. The smallest absolute Gasteiger partial charge is 0.241 e. The zero-order chi connectivity index (χ0) is 20.8. The Bertz CT molecular complexity index is 934. The third-order valence-electron chi connectivity index (χ3n) is 5.30. The highest BCUT2D eigenvalue weighted by Crippen LogP contribution is 2.19. The summed E-state index contributed by atoms with van der Waals surface area (Å²) < 4.78 is 16.5. The van der Waals surface area contributed by atoms with E-state index in [0.717, 1.165) is 49.8 Å². The van der Waals surface area contributed by atoms with Crippen molar-refractivity contribution in [3.8, 4) is 22.9 Å². The Labute approximate surface area is 177 Å². The maximum atomic E-state index is 5.84. The Morgan fingerprint density at radius 1 is 0.967 bits per heavy atom. The number of hydrogen-bond acceptors (Lipinski definition) is 7. The lowest BCUT2D eigenvalue weighted by atomic mass is 10.1. The minimum absolute atomic E-state index is 0.656. The van der Waals surface area contributed by atoms with E-state index in [2.05, 4.69) is 39.0 Å². The number of piperazine rings is 1. The van der Waals surface area contributed by atoms with Crippen LogP contribution in [0, 0.1) is 6.92 Å². The van der Waals surface area contributed by atoms with Gasteiger partial charge in [0.25, 0.3) is 0 Å². The van der Waals surface area contributed by atoms with Crippen LogP contribution in [-0.2, 0) is 6.54 Å². The molecule has 4 rings (SSSR count). The quantitative estimate of drug-likeness (QED) is 0.567. The zero-order valence-corrected chi connectivity index (χ0v) is 17.6. The van der Waals surface area contributed by atoms with Gasteiger partial charge >= 0.3 is 0 Å². The fraction of sp³-hybridized carbons (Fsp3) is 0.391. The lowest BCUT2D eigenvalue weighted by molar-refractivity contribution is 0.104. The van der Waals surface area contributed by atoms with Crippen LogP contribution in [0.1, 0.15) is 11.5 Å². The van der Waals surface area contributed by atoms with Gasteiger partial charge in [0, 0.05) is 38.3 Å². The first kappa shape index (κ1) is 20.4. The number of aryl methyl sites for hydroxylation is 1. The Hall–Kier alpha value is -2.90. The fourth-order valence-electron chi connectivity index (χ4n) is 3.55. The molecule has 1 aliphatic rings. The van der Waals surface area contributed by atoms with Crippen molar-refractivity contribution >= 4 is 0 Å². The number of nitrogens with zero attached hydrogens (tertiary/aromatic N) is 4. The van der Waals surface area contributed by atoms with Gasteiger partial charge in [0.1, 0.15) is 18.1 Å². The molecule has 1 saturated heterocycles. The van der Waals surface area contributed by atoms with Gasteiger partial charge in [-0.15, -0.1) is 0 Å². The standard InChI is InChI=1S/C23H28N4O3/c1-18-4-3-5-19(16-18)23-24-22(30-25-23)17-27-12-10-26(11-13-27)14-15-29-21-8-6-20(28-2)7-9-21/h3-9,16H,10-15,17H2,1-2H3. The highest BCUT2D eigenvalue weighted by atomic mass is 16.5. The summed E-state index contributed by atoms with van der Waals surface area (Å²) in [5.41, 5.74) is 2.18. The van der Waals surface area contributed by atoms with Crippen LogP contribution in [-0.4, -0.2) is 66.4 Å². The van der Waals surface area contributed by atoms with E-state index in [9.17, 15) is 0 Å². The van der Waals surface area contributed by atoms with Crippen molar-refractivity contribution in [3.63, 3.8) is 0 Å². The summed E-state index contributed by atoms with van der Waals surface area (Å²) in [5.74, 6) is 3.03. The van der Waals surface area contributed by atoms with Gasteiger partial charge in [-0.1, -0.05) is 28.9 Å². The van der Waals surface area contributed by atoms with Crippen molar-refractivity contribution in [2.24, 2.45) is 0 Å². The molecule has 2 heterocycles. The molecule has 0 bridgehead atoms. The second-order valence-electron chi connectivity index (χ2n) is 7.52. The largest absolute Gasteiger partial charge is 0.497 e. The molecule has 158 valence electrons. The molecular formula is C23H28N4O3. The van der Waals surface area contributed by atoms with E-state index in [-0.39, 0.29) is 0 Å². The van der Waals surface area contributed by atoms with Crippen LogP contribution in [0.2, 0.25) is 0 Å². The zero-order valence-electron chi connectivity index (χ0n) is 17.6. The monoisotopic (exact) mass is 408 g/mol. The number of methoxy groups -OCH3 is 1. The first-order chi connectivity index (χ1) is 14.7. The van der Waals surface area contributed by atoms with Gasteiger partial charge in [-0.3, -0.25) is 9.80 Å². The van der Waals surface area contributed by atoms with Crippen LogP contribution in [0.15, 0.2) is 53.1 Å². The summed E-state index contributed by atoms with van der Waals surface area (Å²) in [7, 11) is 1.66. The van der Waals surface area contributed by atoms with Crippen molar-refractivity contribution in [3.05, 3.63) is 60.0 Å². The number of benzene rings is 2. The summed E-state index contributed by atoms with van der Waals surface area (Å²) in [5, 5.41) is 4.14. The third kappa shape index (κ3) is 5.37. The van der Waals surface area contributed by atoms with E-state index in [1.165, 1.54) is 5.56 Å². The van der Waals surface area contributed by atoms with E-state index < -0.39 is 0 Å². The molecule has 7 nitrogen and oxygen atoms in total. The van der Waals surface area contributed by atoms with Crippen molar-refractivity contribution in [2.75, 3.05) is 46.4 Å². The molecule has 0 atom stereocenters. The van der Waals surface area contributed by atoms with E-state index >= 15 is 0 Å². The van der Waals surface area contributed by atoms with Crippen molar-refractivity contribution in [1.82, 2.24) is 19.9 Å². The van der Waals surface area contributed by atoms with Crippen molar-refractivity contribution in [2.45, 2.75) is 13.5 Å². The van der Waals surface area contributed by atoms with Gasteiger partial charge in [-0.2, -0.15) is 4.98 Å². The average Bonchev–Trinajstić information content (AvgIpc) is 3.24. The molecule has 7 heteroatoms. The second-order valence-corrected chi connectivity index (χ2v) is 7.52. The average molecular weight is 409 g/mol. The molecule has 1 aliphatic heterocycles. The summed E-state index contributed by atoms with van der Waals surface area (Å²) in [6.07, 6.45) is 0. The van der Waals surface area contributed by atoms with Gasteiger partial charge in [0.15, 0.2) is 0 Å². The van der Waals surface area contributed by atoms with Gasteiger partial charge in [-0.05, 0) is 37.3 Å². The second kappa shape index (κ2) is 9.73. The van der Waals surface area contributed by atoms with Crippen molar-refractivity contribution < 1.29 is 14.0 Å². The SMILES string of the molecule is COc1ccc(OCCN2CCN(Cc3nc(-c4cccc(C)c4)no3)CC2)cc1. The van der Waals surface area contributed by atoms with Gasteiger partial charge < -0.3 is 14.0 Å². The van der Waals surface area contributed by atoms with Gasteiger partial charge in [0.2, 0.25) is 11.7 Å². The summed E-state index contributed by atoms with van der Waals surface area (Å²) in [6, 6.07) is 15.9. The Morgan fingerprint density at radius 2 is 1.70 bits per heavy atom. The molecule has 0 amide bonds. The van der Waals surface area contributed by atoms with Gasteiger partial charge in [-0.25, -0.2) is 0 Å². The molecule has 3 aromatic rings. The van der Waals surface area contributed by atoms with E-state index in [1.807, 2.05) is 36.4 Å².